The third-order valence-electron chi connectivity index (χ3n) is 4.68. The van der Waals surface area contributed by atoms with Gasteiger partial charge in [0.1, 0.15) is 0 Å². The van der Waals surface area contributed by atoms with Crippen molar-refractivity contribution in [2.45, 2.75) is 64.5 Å². The standard InChI is InChI=1S/C14H27NO/c1-11-9-15(10-12(11)2)13-7-5-3-4-6-8-14(13)16/h11-14,16H,3-10H2,1-2H3. The topological polar surface area (TPSA) is 23.5 Å². The quantitative estimate of drug-likeness (QED) is 0.741. The summed E-state index contributed by atoms with van der Waals surface area (Å²) in [6, 6.07) is 0.452. The molecule has 4 atom stereocenters. The van der Waals surface area contributed by atoms with E-state index in [1.807, 2.05) is 0 Å². The molecule has 1 saturated heterocycles. The molecule has 1 saturated carbocycles. The van der Waals surface area contributed by atoms with E-state index in [4.69, 9.17) is 0 Å². The second kappa shape index (κ2) is 5.50. The first-order valence-corrected chi connectivity index (χ1v) is 7.10. The van der Waals surface area contributed by atoms with Crippen LogP contribution in [-0.4, -0.2) is 35.2 Å². The summed E-state index contributed by atoms with van der Waals surface area (Å²) < 4.78 is 0. The molecule has 2 rings (SSSR count). The van der Waals surface area contributed by atoms with Crippen molar-refractivity contribution in [2.75, 3.05) is 13.1 Å². The van der Waals surface area contributed by atoms with Crippen molar-refractivity contribution >= 4 is 0 Å². The van der Waals surface area contributed by atoms with Crippen molar-refractivity contribution in [3.05, 3.63) is 0 Å². The molecular formula is C14H27NO. The lowest BCUT2D eigenvalue weighted by atomic mass is 9.93. The van der Waals surface area contributed by atoms with Gasteiger partial charge in [0.25, 0.3) is 0 Å². The van der Waals surface area contributed by atoms with Crippen LogP contribution in [0, 0.1) is 11.8 Å². The molecule has 1 aliphatic heterocycles. The van der Waals surface area contributed by atoms with Crippen molar-refractivity contribution in [3.8, 4) is 0 Å². The first kappa shape index (κ1) is 12.4. The van der Waals surface area contributed by atoms with E-state index in [1.54, 1.807) is 0 Å². The van der Waals surface area contributed by atoms with Crippen LogP contribution in [0.3, 0.4) is 0 Å². The monoisotopic (exact) mass is 225 g/mol. The predicted molar refractivity (Wildman–Crippen MR) is 67.4 cm³/mol. The molecule has 2 fully saturated rings. The van der Waals surface area contributed by atoms with Gasteiger partial charge in [0.05, 0.1) is 6.10 Å². The van der Waals surface area contributed by atoms with Crippen LogP contribution in [0.25, 0.3) is 0 Å². The maximum absolute atomic E-state index is 10.3. The number of nitrogens with zero attached hydrogens (tertiary/aromatic N) is 1. The van der Waals surface area contributed by atoms with Crippen LogP contribution in [0.4, 0.5) is 0 Å². The molecule has 0 amide bonds. The van der Waals surface area contributed by atoms with Crippen LogP contribution in [0.5, 0.6) is 0 Å². The molecule has 94 valence electrons. The summed E-state index contributed by atoms with van der Waals surface area (Å²) in [5, 5.41) is 10.3. The van der Waals surface area contributed by atoms with E-state index < -0.39 is 0 Å². The molecule has 1 heterocycles. The van der Waals surface area contributed by atoms with Crippen LogP contribution in [0.1, 0.15) is 52.4 Å². The molecule has 2 aliphatic rings. The van der Waals surface area contributed by atoms with Gasteiger partial charge in [0.15, 0.2) is 0 Å². The fourth-order valence-electron chi connectivity index (χ4n) is 3.32. The third-order valence-corrected chi connectivity index (χ3v) is 4.68. The number of aliphatic hydroxyl groups excluding tert-OH is 1. The van der Waals surface area contributed by atoms with Crippen molar-refractivity contribution < 1.29 is 5.11 Å². The first-order chi connectivity index (χ1) is 7.68. The molecule has 1 aliphatic carbocycles. The Kier molecular flexibility index (Phi) is 4.26. The van der Waals surface area contributed by atoms with Crippen molar-refractivity contribution in [1.82, 2.24) is 4.90 Å². The van der Waals surface area contributed by atoms with Crippen LogP contribution in [-0.2, 0) is 0 Å². The fraction of sp³-hybridized carbons (Fsp3) is 1.00. The average molecular weight is 225 g/mol. The molecule has 0 spiro atoms. The van der Waals surface area contributed by atoms with Gasteiger partial charge in [0, 0.05) is 19.1 Å². The minimum Gasteiger partial charge on any atom is -0.391 e. The highest BCUT2D eigenvalue weighted by molar-refractivity contribution is 4.88. The highest BCUT2D eigenvalue weighted by Crippen LogP contribution is 2.29. The Labute approximate surface area is 100 Å². The van der Waals surface area contributed by atoms with Gasteiger partial charge in [-0.3, -0.25) is 4.90 Å². The highest BCUT2D eigenvalue weighted by atomic mass is 16.3. The predicted octanol–water partition coefficient (Wildman–Crippen LogP) is 2.66. The minimum absolute atomic E-state index is 0.0715. The molecule has 2 nitrogen and oxygen atoms in total. The lowest BCUT2D eigenvalue weighted by molar-refractivity contribution is 0.0406. The van der Waals surface area contributed by atoms with E-state index in [9.17, 15) is 5.11 Å². The number of likely N-dealkylation sites (tertiary alicyclic amines) is 1. The molecule has 0 aromatic rings. The molecule has 16 heavy (non-hydrogen) atoms. The van der Waals surface area contributed by atoms with E-state index in [0.29, 0.717) is 6.04 Å². The number of rotatable bonds is 1. The minimum atomic E-state index is -0.0715. The molecule has 4 unspecified atom stereocenters. The SMILES string of the molecule is CC1CN(C2CCCCCCC2O)CC1C. The molecule has 0 bridgehead atoms. The van der Waals surface area contributed by atoms with E-state index in [1.165, 1.54) is 45.2 Å². The Morgan fingerprint density at radius 3 is 2.06 bits per heavy atom. The van der Waals surface area contributed by atoms with Gasteiger partial charge < -0.3 is 5.11 Å². The van der Waals surface area contributed by atoms with Gasteiger partial charge in [-0.05, 0) is 24.7 Å². The van der Waals surface area contributed by atoms with E-state index in [-0.39, 0.29) is 6.10 Å². The van der Waals surface area contributed by atoms with Gasteiger partial charge in [-0.1, -0.05) is 39.5 Å². The molecule has 0 aromatic carbocycles. The Balaban J connectivity index is 1.94. The molecule has 2 heteroatoms. The van der Waals surface area contributed by atoms with Crippen LogP contribution >= 0.6 is 0 Å². The van der Waals surface area contributed by atoms with E-state index in [0.717, 1.165) is 18.3 Å². The van der Waals surface area contributed by atoms with E-state index >= 15 is 0 Å². The summed E-state index contributed by atoms with van der Waals surface area (Å²) in [5.74, 6) is 1.61. The normalized spacial score (nSPS) is 42.9. The molecular weight excluding hydrogens is 198 g/mol. The second-order valence-electron chi connectivity index (χ2n) is 6.03. The summed E-state index contributed by atoms with van der Waals surface area (Å²) >= 11 is 0. The zero-order valence-corrected chi connectivity index (χ0v) is 10.9. The molecule has 0 radical (unpaired) electrons. The zero-order valence-electron chi connectivity index (χ0n) is 10.9. The van der Waals surface area contributed by atoms with E-state index in [2.05, 4.69) is 18.7 Å². The lowest BCUT2D eigenvalue weighted by Gasteiger charge is -2.33. The first-order valence-electron chi connectivity index (χ1n) is 7.10. The third kappa shape index (κ3) is 2.78. The summed E-state index contributed by atoms with van der Waals surface area (Å²) in [7, 11) is 0. The Morgan fingerprint density at radius 1 is 0.875 bits per heavy atom. The largest absolute Gasteiger partial charge is 0.391 e. The summed E-state index contributed by atoms with van der Waals surface area (Å²) in [6.45, 7) is 7.09. The van der Waals surface area contributed by atoms with Crippen LogP contribution in [0.15, 0.2) is 0 Å². The maximum Gasteiger partial charge on any atom is 0.0695 e. The fourth-order valence-corrected chi connectivity index (χ4v) is 3.32. The average Bonchev–Trinajstić information content (AvgIpc) is 2.53. The maximum atomic E-state index is 10.3. The number of hydrogen-bond acceptors (Lipinski definition) is 2. The molecule has 1 N–H and O–H groups in total. The number of hydrogen-bond donors (Lipinski definition) is 1. The summed E-state index contributed by atoms with van der Waals surface area (Å²) in [6.07, 6.45) is 7.36. The van der Waals surface area contributed by atoms with Crippen molar-refractivity contribution in [3.63, 3.8) is 0 Å². The highest BCUT2D eigenvalue weighted by Gasteiger charge is 2.34. The van der Waals surface area contributed by atoms with Crippen molar-refractivity contribution in [2.24, 2.45) is 11.8 Å². The van der Waals surface area contributed by atoms with Gasteiger partial charge >= 0.3 is 0 Å². The van der Waals surface area contributed by atoms with Gasteiger partial charge in [-0.15, -0.1) is 0 Å². The second-order valence-corrected chi connectivity index (χ2v) is 6.03. The Hall–Kier alpha value is -0.0800. The van der Waals surface area contributed by atoms with Gasteiger partial charge in [-0.25, -0.2) is 0 Å². The number of aliphatic hydroxyl groups is 1. The smallest absolute Gasteiger partial charge is 0.0695 e. The summed E-state index contributed by atoms with van der Waals surface area (Å²) in [5.41, 5.74) is 0. The molecule has 0 aromatic heterocycles. The van der Waals surface area contributed by atoms with Crippen LogP contribution < -0.4 is 0 Å². The lowest BCUT2D eigenvalue weighted by Crippen LogP contribution is -2.43. The Morgan fingerprint density at radius 2 is 1.44 bits per heavy atom. The van der Waals surface area contributed by atoms with Gasteiger partial charge in [-0.2, -0.15) is 0 Å². The zero-order chi connectivity index (χ0) is 11.5. The Bertz CT molecular complexity index is 209. The van der Waals surface area contributed by atoms with Crippen LogP contribution in [0.2, 0.25) is 0 Å². The summed E-state index contributed by atoms with van der Waals surface area (Å²) in [4.78, 5) is 2.56. The van der Waals surface area contributed by atoms with Gasteiger partial charge in [0.2, 0.25) is 0 Å². The van der Waals surface area contributed by atoms with Crippen molar-refractivity contribution in [1.29, 1.82) is 0 Å².